The lowest BCUT2D eigenvalue weighted by Crippen LogP contribution is -2.02. The van der Waals surface area contributed by atoms with E-state index in [1.165, 1.54) is 0 Å². The summed E-state index contributed by atoms with van der Waals surface area (Å²) < 4.78 is 0. The summed E-state index contributed by atoms with van der Waals surface area (Å²) in [5.41, 5.74) is 1.58. The van der Waals surface area contributed by atoms with Crippen molar-refractivity contribution in [2.24, 2.45) is 0 Å². The van der Waals surface area contributed by atoms with E-state index in [0.29, 0.717) is 10.6 Å². The van der Waals surface area contributed by atoms with Crippen molar-refractivity contribution in [3.8, 4) is 0 Å². The third-order valence-electron chi connectivity index (χ3n) is 1.79. The van der Waals surface area contributed by atoms with Crippen LogP contribution in [-0.2, 0) is 11.2 Å². The largest absolute Gasteiger partial charge is 0.481 e. The van der Waals surface area contributed by atoms with Crippen LogP contribution in [0, 0.1) is 6.92 Å². The maximum Gasteiger partial charge on any atom is 0.307 e. The van der Waals surface area contributed by atoms with Crippen molar-refractivity contribution in [2.45, 2.75) is 18.2 Å². The van der Waals surface area contributed by atoms with Crippen molar-refractivity contribution >= 4 is 30.2 Å². The van der Waals surface area contributed by atoms with Gasteiger partial charge < -0.3 is 5.11 Å². The van der Waals surface area contributed by atoms with Gasteiger partial charge in [-0.2, -0.15) is 0 Å². The van der Waals surface area contributed by atoms with E-state index in [4.69, 9.17) is 16.7 Å². The van der Waals surface area contributed by atoms with E-state index >= 15 is 0 Å². The van der Waals surface area contributed by atoms with E-state index in [0.717, 1.165) is 10.5 Å². The Hall–Kier alpha value is -0.670. The molecule has 0 fully saturated rings. The van der Waals surface area contributed by atoms with Crippen molar-refractivity contribution < 1.29 is 9.90 Å². The highest BCUT2D eigenvalue weighted by atomic mass is 35.5. The molecule has 1 rings (SSSR count). The molecule has 0 atom stereocenters. The highest BCUT2D eigenvalue weighted by molar-refractivity contribution is 7.80. The molecule has 0 radical (unpaired) electrons. The molecule has 0 aliphatic rings. The lowest BCUT2D eigenvalue weighted by molar-refractivity contribution is -0.136. The Kier molecular flexibility index (Phi) is 3.22. The predicted molar refractivity (Wildman–Crippen MR) is 54.8 cm³/mol. The molecule has 0 aliphatic carbocycles. The van der Waals surface area contributed by atoms with Gasteiger partial charge >= 0.3 is 5.97 Å². The molecule has 0 aromatic heterocycles. The average molecular weight is 217 g/mol. The Morgan fingerprint density at radius 1 is 1.62 bits per heavy atom. The molecule has 70 valence electrons. The van der Waals surface area contributed by atoms with E-state index in [2.05, 4.69) is 12.6 Å². The molecule has 0 heterocycles. The van der Waals surface area contributed by atoms with Crippen molar-refractivity contribution in [2.75, 3.05) is 0 Å². The fourth-order valence-corrected chi connectivity index (χ4v) is 1.67. The second kappa shape index (κ2) is 4.03. The first kappa shape index (κ1) is 10.4. The molecule has 0 aliphatic heterocycles. The second-order valence-corrected chi connectivity index (χ2v) is 3.70. The summed E-state index contributed by atoms with van der Waals surface area (Å²) in [6, 6.07) is 3.36. The van der Waals surface area contributed by atoms with E-state index in [1.807, 2.05) is 6.92 Å². The summed E-state index contributed by atoms with van der Waals surface area (Å²) in [6.45, 7) is 1.83. The Morgan fingerprint density at radius 2 is 2.23 bits per heavy atom. The zero-order valence-electron chi connectivity index (χ0n) is 7.04. The number of rotatable bonds is 2. The molecule has 13 heavy (non-hydrogen) atoms. The monoisotopic (exact) mass is 216 g/mol. The van der Waals surface area contributed by atoms with Crippen LogP contribution in [0.25, 0.3) is 0 Å². The fourth-order valence-electron chi connectivity index (χ4n) is 1.07. The van der Waals surface area contributed by atoms with Crippen LogP contribution in [0.1, 0.15) is 11.1 Å². The second-order valence-electron chi connectivity index (χ2n) is 2.78. The van der Waals surface area contributed by atoms with E-state index < -0.39 is 5.97 Å². The lowest BCUT2D eigenvalue weighted by Gasteiger charge is -2.06. The van der Waals surface area contributed by atoms with Crippen LogP contribution in [0.5, 0.6) is 0 Å². The highest BCUT2D eigenvalue weighted by Crippen LogP contribution is 2.23. The number of hydrogen-bond acceptors (Lipinski definition) is 2. The number of thiol groups is 1. The smallest absolute Gasteiger partial charge is 0.307 e. The molecule has 1 N–H and O–H groups in total. The molecule has 0 saturated heterocycles. The van der Waals surface area contributed by atoms with Gasteiger partial charge in [-0.15, -0.1) is 12.6 Å². The quantitative estimate of drug-likeness (QED) is 0.746. The molecule has 1 aromatic carbocycles. The third kappa shape index (κ3) is 2.64. The van der Waals surface area contributed by atoms with Crippen molar-refractivity contribution in [3.63, 3.8) is 0 Å². The number of carboxylic acid groups (broad SMARTS) is 1. The minimum Gasteiger partial charge on any atom is -0.481 e. The van der Waals surface area contributed by atoms with Gasteiger partial charge in [-0.1, -0.05) is 11.6 Å². The summed E-state index contributed by atoms with van der Waals surface area (Å²) in [5, 5.41) is 9.13. The number of hydrogen-bond donors (Lipinski definition) is 2. The van der Waals surface area contributed by atoms with Crippen LogP contribution in [0.3, 0.4) is 0 Å². The molecule has 0 amide bonds. The van der Waals surface area contributed by atoms with Gasteiger partial charge in [-0.25, -0.2) is 0 Å². The molecule has 0 spiro atoms. The number of aliphatic carboxylic acids is 1. The van der Waals surface area contributed by atoms with Crippen molar-refractivity contribution in [1.29, 1.82) is 0 Å². The fraction of sp³-hybridized carbons (Fsp3) is 0.222. The average Bonchev–Trinajstić information content (AvgIpc) is 1.98. The SMILES string of the molecule is Cc1c(S)cc(Cl)cc1CC(=O)O. The normalized spacial score (nSPS) is 10.1. The highest BCUT2D eigenvalue weighted by Gasteiger charge is 2.07. The summed E-state index contributed by atoms with van der Waals surface area (Å²) in [5.74, 6) is -0.863. The minimum atomic E-state index is -0.863. The first-order chi connectivity index (χ1) is 6.00. The lowest BCUT2D eigenvalue weighted by atomic mass is 10.1. The Bertz CT molecular complexity index is 350. The van der Waals surface area contributed by atoms with Crippen molar-refractivity contribution in [1.82, 2.24) is 0 Å². The van der Waals surface area contributed by atoms with Gasteiger partial charge in [0, 0.05) is 9.92 Å². The molecule has 1 aromatic rings. The van der Waals surface area contributed by atoms with Gasteiger partial charge in [0.15, 0.2) is 0 Å². The zero-order valence-corrected chi connectivity index (χ0v) is 8.69. The molecule has 2 nitrogen and oxygen atoms in total. The van der Waals surface area contributed by atoms with Crippen molar-refractivity contribution in [3.05, 3.63) is 28.3 Å². The molecular formula is C9H9ClO2S. The van der Waals surface area contributed by atoms with Gasteiger partial charge in [0.1, 0.15) is 0 Å². The van der Waals surface area contributed by atoms with Crippen LogP contribution in [-0.4, -0.2) is 11.1 Å². The zero-order chi connectivity index (χ0) is 10.0. The minimum absolute atomic E-state index is 0.0139. The van der Waals surface area contributed by atoms with Gasteiger partial charge in [-0.05, 0) is 30.2 Å². The number of carbonyl (C=O) groups is 1. The molecule has 0 saturated carbocycles. The van der Waals surface area contributed by atoms with Crippen LogP contribution >= 0.6 is 24.2 Å². The number of benzene rings is 1. The maximum absolute atomic E-state index is 10.5. The van der Waals surface area contributed by atoms with Gasteiger partial charge in [0.05, 0.1) is 6.42 Å². The van der Waals surface area contributed by atoms with Gasteiger partial charge in [-0.3, -0.25) is 4.79 Å². The molecule has 4 heteroatoms. The first-order valence-corrected chi connectivity index (χ1v) is 4.53. The molecular weight excluding hydrogens is 208 g/mol. The molecule has 0 unspecified atom stereocenters. The van der Waals surface area contributed by atoms with E-state index in [-0.39, 0.29) is 6.42 Å². The summed E-state index contributed by atoms with van der Waals surface area (Å²) in [6.07, 6.45) is -0.0139. The van der Waals surface area contributed by atoms with Gasteiger partial charge in [0.2, 0.25) is 0 Å². The molecule has 0 bridgehead atoms. The van der Waals surface area contributed by atoms with Crippen LogP contribution in [0.2, 0.25) is 5.02 Å². The Morgan fingerprint density at radius 3 is 2.77 bits per heavy atom. The van der Waals surface area contributed by atoms with Crippen LogP contribution < -0.4 is 0 Å². The Balaban J connectivity index is 3.12. The first-order valence-electron chi connectivity index (χ1n) is 3.70. The van der Waals surface area contributed by atoms with Crippen LogP contribution in [0.15, 0.2) is 17.0 Å². The standard InChI is InChI=1S/C9H9ClO2S/c1-5-6(3-9(11)12)2-7(10)4-8(5)13/h2,4,13H,3H2,1H3,(H,11,12). The third-order valence-corrected chi connectivity index (χ3v) is 2.48. The summed E-state index contributed by atoms with van der Waals surface area (Å²) >= 11 is 9.95. The summed E-state index contributed by atoms with van der Waals surface area (Å²) in [7, 11) is 0. The van der Waals surface area contributed by atoms with Crippen LogP contribution in [0.4, 0.5) is 0 Å². The van der Waals surface area contributed by atoms with Gasteiger partial charge in [0.25, 0.3) is 0 Å². The topological polar surface area (TPSA) is 37.3 Å². The maximum atomic E-state index is 10.5. The van der Waals surface area contributed by atoms with E-state index in [1.54, 1.807) is 12.1 Å². The number of carboxylic acids is 1. The predicted octanol–water partition coefficient (Wildman–Crippen LogP) is 2.56. The van der Waals surface area contributed by atoms with E-state index in [9.17, 15) is 4.79 Å². The Labute approximate surface area is 86.9 Å². The summed E-state index contributed by atoms with van der Waals surface area (Å²) in [4.78, 5) is 11.2. The number of halogens is 1.